The van der Waals surface area contributed by atoms with E-state index in [0.29, 0.717) is 16.8 Å². The molecule has 6 nitrogen and oxygen atoms in total. The van der Waals surface area contributed by atoms with Gasteiger partial charge in [-0.1, -0.05) is 24.3 Å². The molecule has 0 spiro atoms. The minimum absolute atomic E-state index is 0.205. The molecule has 5 aromatic rings. The maximum absolute atomic E-state index is 12.8. The van der Waals surface area contributed by atoms with E-state index in [2.05, 4.69) is 20.3 Å². The Morgan fingerprint density at radius 1 is 0.893 bits per heavy atom. The quantitative estimate of drug-likeness (QED) is 0.520. The largest absolute Gasteiger partial charge is 0.321 e. The van der Waals surface area contributed by atoms with Gasteiger partial charge in [-0.05, 0) is 36.4 Å². The van der Waals surface area contributed by atoms with Crippen molar-refractivity contribution in [2.24, 2.45) is 0 Å². The molecule has 0 aliphatic heterocycles. The number of pyridine rings is 1. The van der Waals surface area contributed by atoms with Gasteiger partial charge in [0.15, 0.2) is 0 Å². The van der Waals surface area contributed by atoms with Crippen molar-refractivity contribution >= 4 is 28.3 Å². The average molecular weight is 365 g/mol. The zero-order valence-electron chi connectivity index (χ0n) is 14.8. The summed E-state index contributed by atoms with van der Waals surface area (Å²) in [6.07, 6.45) is 7.14. The number of fused-ring (bicyclic) bond motifs is 2. The molecule has 1 N–H and O–H groups in total. The number of para-hydroxylation sites is 1. The number of imidazole rings is 1. The van der Waals surface area contributed by atoms with Gasteiger partial charge in [0.1, 0.15) is 5.65 Å². The number of carbonyl (C=O) groups is 1. The van der Waals surface area contributed by atoms with Crippen LogP contribution >= 0.6 is 0 Å². The maximum atomic E-state index is 12.8. The number of nitrogens with one attached hydrogen (secondary N) is 1. The number of nitrogens with zero attached hydrogens (tertiary/aromatic N) is 4. The Hall–Kier alpha value is -4.06. The van der Waals surface area contributed by atoms with Crippen molar-refractivity contribution in [3.8, 4) is 11.3 Å². The van der Waals surface area contributed by atoms with E-state index < -0.39 is 0 Å². The Labute approximate surface area is 160 Å². The van der Waals surface area contributed by atoms with Crippen LogP contribution in [-0.4, -0.2) is 25.3 Å². The summed E-state index contributed by atoms with van der Waals surface area (Å²) in [4.78, 5) is 26.0. The maximum Gasteiger partial charge on any atom is 0.255 e. The van der Waals surface area contributed by atoms with Crippen LogP contribution in [-0.2, 0) is 0 Å². The monoisotopic (exact) mass is 365 g/mol. The molecule has 0 saturated carbocycles. The van der Waals surface area contributed by atoms with Crippen molar-refractivity contribution in [3.63, 3.8) is 0 Å². The lowest BCUT2D eigenvalue weighted by Gasteiger charge is -2.10. The molecule has 0 unspecified atom stereocenters. The van der Waals surface area contributed by atoms with Crippen LogP contribution in [0.5, 0.6) is 0 Å². The minimum Gasteiger partial charge on any atom is -0.321 e. The number of benzene rings is 2. The summed E-state index contributed by atoms with van der Waals surface area (Å²) < 4.78 is 1.95. The lowest BCUT2D eigenvalue weighted by molar-refractivity contribution is 0.102. The summed E-state index contributed by atoms with van der Waals surface area (Å²) in [5.41, 5.74) is 5.18. The lowest BCUT2D eigenvalue weighted by Crippen LogP contribution is -2.12. The van der Waals surface area contributed by atoms with Gasteiger partial charge >= 0.3 is 0 Å². The second kappa shape index (κ2) is 6.59. The Morgan fingerprint density at radius 2 is 1.71 bits per heavy atom. The van der Waals surface area contributed by atoms with Crippen molar-refractivity contribution in [3.05, 3.63) is 91.0 Å². The van der Waals surface area contributed by atoms with Crippen LogP contribution in [0.3, 0.4) is 0 Å². The number of amides is 1. The van der Waals surface area contributed by atoms with Crippen LogP contribution in [0.1, 0.15) is 10.4 Å². The van der Waals surface area contributed by atoms with Crippen LogP contribution in [0.25, 0.3) is 27.9 Å². The first-order chi connectivity index (χ1) is 13.8. The zero-order valence-corrected chi connectivity index (χ0v) is 14.8. The fraction of sp³-hybridized carbons (Fsp3) is 0. The van der Waals surface area contributed by atoms with Crippen LogP contribution < -0.4 is 5.32 Å². The third-order valence-corrected chi connectivity index (χ3v) is 4.55. The van der Waals surface area contributed by atoms with Crippen molar-refractivity contribution in [2.45, 2.75) is 0 Å². The van der Waals surface area contributed by atoms with E-state index in [1.807, 2.05) is 59.3 Å². The molecule has 6 heteroatoms. The highest BCUT2D eigenvalue weighted by Gasteiger charge is 2.13. The summed E-state index contributed by atoms with van der Waals surface area (Å²) in [5, 5.41) is 3.00. The van der Waals surface area contributed by atoms with E-state index in [-0.39, 0.29) is 5.91 Å². The van der Waals surface area contributed by atoms with Crippen LogP contribution in [0.15, 0.2) is 85.5 Å². The number of hydrogen-bond donors (Lipinski definition) is 1. The molecule has 28 heavy (non-hydrogen) atoms. The van der Waals surface area contributed by atoms with Crippen molar-refractivity contribution in [1.82, 2.24) is 19.4 Å². The molecule has 0 aliphatic rings. The molecule has 0 fully saturated rings. The molecular formula is C22H15N5O. The molecule has 0 radical (unpaired) electrons. The summed E-state index contributed by atoms with van der Waals surface area (Å²) in [5.74, 6) is -0.205. The highest BCUT2D eigenvalue weighted by molar-refractivity contribution is 6.07. The molecule has 0 atom stereocenters. The van der Waals surface area contributed by atoms with E-state index in [1.54, 1.807) is 30.6 Å². The fourth-order valence-electron chi connectivity index (χ4n) is 3.18. The molecule has 5 rings (SSSR count). The van der Waals surface area contributed by atoms with Gasteiger partial charge in [0.2, 0.25) is 0 Å². The van der Waals surface area contributed by atoms with Crippen LogP contribution in [0.4, 0.5) is 5.69 Å². The number of rotatable bonds is 3. The predicted molar refractivity (Wildman–Crippen MR) is 108 cm³/mol. The topological polar surface area (TPSA) is 72.2 Å². The Bertz CT molecular complexity index is 1290. The summed E-state index contributed by atoms with van der Waals surface area (Å²) in [6.45, 7) is 0. The van der Waals surface area contributed by atoms with Gasteiger partial charge in [-0.3, -0.25) is 14.8 Å². The normalized spacial score (nSPS) is 11.0. The van der Waals surface area contributed by atoms with Gasteiger partial charge < -0.3 is 9.72 Å². The second-order valence-electron chi connectivity index (χ2n) is 6.35. The number of carbonyl (C=O) groups excluding carboxylic acids is 1. The van der Waals surface area contributed by atoms with Gasteiger partial charge in [0, 0.05) is 35.9 Å². The lowest BCUT2D eigenvalue weighted by atomic mass is 10.1. The van der Waals surface area contributed by atoms with Gasteiger partial charge in [-0.25, -0.2) is 4.98 Å². The first-order valence-corrected chi connectivity index (χ1v) is 8.83. The van der Waals surface area contributed by atoms with Crippen LogP contribution in [0.2, 0.25) is 0 Å². The third-order valence-electron chi connectivity index (χ3n) is 4.55. The smallest absolute Gasteiger partial charge is 0.255 e. The molecule has 2 aromatic carbocycles. The highest BCUT2D eigenvalue weighted by atomic mass is 16.1. The Morgan fingerprint density at radius 3 is 2.61 bits per heavy atom. The molecule has 0 aliphatic carbocycles. The van der Waals surface area contributed by atoms with E-state index in [4.69, 9.17) is 0 Å². The van der Waals surface area contributed by atoms with Gasteiger partial charge in [-0.2, -0.15) is 0 Å². The Kier molecular flexibility index (Phi) is 3.80. The van der Waals surface area contributed by atoms with Crippen molar-refractivity contribution < 1.29 is 4.79 Å². The molecule has 1 amide bonds. The third kappa shape index (κ3) is 2.87. The second-order valence-corrected chi connectivity index (χ2v) is 6.35. The molecular weight excluding hydrogens is 350 g/mol. The standard InChI is InChI=1S/C22H15N5O/c28-22(15-8-9-18-19(13-15)24-11-10-23-18)26-17-6-2-1-5-16(17)20-14-27-12-4-3-7-21(27)25-20/h1-14H,(H,26,28). The number of hydrogen-bond acceptors (Lipinski definition) is 4. The number of aromatic nitrogens is 4. The van der Waals surface area contributed by atoms with E-state index in [0.717, 1.165) is 22.4 Å². The predicted octanol–water partition coefficient (Wildman–Crippen LogP) is 4.20. The highest BCUT2D eigenvalue weighted by Crippen LogP contribution is 2.28. The van der Waals surface area contributed by atoms with Crippen molar-refractivity contribution in [2.75, 3.05) is 5.32 Å². The number of anilines is 1. The summed E-state index contributed by atoms with van der Waals surface area (Å²) in [6, 6.07) is 18.8. The molecule has 0 saturated heterocycles. The van der Waals surface area contributed by atoms with Crippen LogP contribution in [0, 0.1) is 0 Å². The van der Waals surface area contributed by atoms with E-state index in [9.17, 15) is 4.79 Å². The van der Waals surface area contributed by atoms with Gasteiger partial charge in [0.05, 0.1) is 22.4 Å². The molecule has 0 bridgehead atoms. The Balaban J connectivity index is 1.50. The molecule has 3 heterocycles. The minimum atomic E-state index is -0.205. The molecule has 134 valence electrons. The first-order valence-electron chi connectivity index (χ1n) is 8.83. The fourth-order valence-corrected chi connectivity index (χ4v) is 3.18. The van der Waals surface area contributed by atoms with E-state index in [1.165, 1.54) is 0 Å². The SMILES string of the molecule is O=C(Nc1ccccc1-c1cn2ccccc2n1)c1ccc2nccnc2c1. The first kappa shape index (κ1) is 16.1. The average Bonchev–Trinajstić information content (AvgIpc) is 3.18. The zero-order chi connectivity index (χ0) is 18.9. The summed E-state index contributed by atoms with van der Waals surface area (Å²) >= 11 is 0. The molecule has 3 aromatic heterocycles. The van der Waals surface area contributed by atoms with Crippen molar-refractivity contribution in [1.29, 1.82) is 0 Å². The summed E-state index contributed by atoms with van der Waals surface area (Å²) in [7, 11) is 0. The van der Waals surface area contributed by atoms with E-state index >= 15 is 0 Å². The van der Waals surface area contributed by atoms with Gasteiger partial charge in [0.25, 0.3) is 5.91 Å². The van der Waals surface area contributed by atoms with Gasteiger partial charge in [-0.15, -0.1) is 0 Å².